The number of carbonyl (C=O) groups is 2. The second kappa shape index (κ2) is 4.25. The molecule has 4 nitrogen and oxygen atoms in total. The van der Waals surface area contributed by atoms with Crippen LogP contribution in [0.5, 0.6) is 5.75 Å². The van der Waals surface area contributed by atoms with Gasteiger partial charge in [0.25, 0.3) is 0 Å². The molecule has 1 aliphatic heterocycles. The molecular weight excluding hydrogens is 276 g/mol. The van der Waals surface area contributed by atoms with Crippen molar-refractivity contribution in [3.63, 3.8) is 0 Å². The average molecular weight is 285 g/mol. The van der Waals surface area contributed by atoms with Crippen LogP contribution >= 0.6 is 15.9 Å². The molecule has 5 heteroatoms. The average Bonchev–Trinajstić information content (AvgIpc) is 2.77. The molecule has 0 spiro atoms. The number of esters is 1. The third-order valence-corrected chi connectivity index (χ3v) is 3.20. The summed E-state index contributed by atoms with van der Waals surface area (Å²) in [6.07, 6.45) is 1.36. The molecule has 16 heavy (non-hydrogen) atoms. The molecule has 2 rings (SSSR count). The van der Waals surface area contributed by atoms with Crippen LogP contribution in [0.4, 0.5) is 0 Å². The molecule has 0 fully saturated rings. The van der Waals surface area contributed by atoms with Gasteiger partial charge < -0.3 is 9.47 Å². The van der Waals surface area contributed by atoms with Gasteiger partial charge in [0, 0.05) is 16.5 Å². The van der Waals surface area contributed by atoms with Crippen LogP contribution in [0, 0.1) is 0 Å². The fraction of sp³-hybridized carbons (Fsp3) is 0.273. The highest BCUT2D eigenvalue weighted by Crippen LogP contribution is 2.37. The van der Waals surface area contributed by atoms with Gasteiger partial charge in [-0.25, -0.2) is 4.79 Å². The SMILES string of the molecule is COC(=O)c1cc(Br)c2c(c1C=O)OCC2. The Hall–Kier alpha value is -1.36. The van der Waals surface area contributed by atoms with Crippen molar-refractivity contribution in [2.45, 2.75) is 6.42 Å². The maximum atomic E-state index is 11.5. The van der Waals surface area contributed by atoms with Gasteiger partial charge >= 0.3 is 5.97 Å². The Balaban J connectivity index is 2.67. The van der Waals surface area contributed by atoms with Crippen molar-refractivity contribution in [3.05, 3.63) is 27.2 Å². The molecule has 0 N–H and O–H groups in total. The summed E-state index contributed by atoms with van der Waals surface area (Å²) in [6, 6.07) is 1.60. The summed E-state index contributed by atoms with van der Waals surface area (Å²) >= 11 is 3.36. The van der Waals surface area contributed by atoms with Crippen LogP contribution in [-0.2, 0) is 11.2 Å². The van der Waals surface area contributed by atoms with E-state index in [0.717, 1.165) is 16.5 Å². The van der Waals surface area contributed by atoms with E-state index in [-0.39, 0.29) is 11.1 Å². The molecular formula is C11H9BrO4. The van der Waals surface area contributed by atoms with Gasteiger partial charge in [0.15, 0.2) is 6.29 Å². The summed E-state index contributed by atoms with van der Waals surface area (Å²) in [5, 5.41) is 0. The summed E-state index contributed by atoms with van der Waals surface area (Å²) < 4.78 is 10.8. The zero-order valence-electron chi connectivity index (χ0n) is 8.58. The molecule has 0 amide bonds. The maximum absolute atomic E-state index is 11.5. The van der Waals surface area contributed by atoms with Crippen LogP contribution < -0.4 is 4.74 Å². The Kier molecular flexibility index (Phi) is 2.96. The molecule has 1 aliphatic rings. The molecule has 0 aliphatic carbocycles. The Bertz CT molecular complexity index is 468. The van der Waals surface area contributed by atoms with Gasteiger partial charge in [0.1, 0.15) is 5.75 Å². The molecule has 0 radical (unpaired) electrons. The van der Waals surface area contributed by atoms with Gasteiger partial charge in [0.2, 0.25) is 0 Å². The first-order valence-corrected chi connectivity index (χ1v) is 5.50. The van der Waals surface area contributed by atoms with E-state index in [1.54, 1.807) is 6.07 Å². The Morgan fingerprint density at radius 3 is 3.00 bits per heavy atom. The van der Waals surface area contributed by atoms with Crippen molar-refractivity contribution < 1.29 is 19.1 Å². The zero-order valence-corrected chi connectivity index (χ0v) is 10.2. The number of methoxy groups -OCH3 is 1. The molecule has 1 aromatic rings. The number of aldehydes is 1. The third-order valence-electron chi connectivity index (χ3n) is 2.49. The van der Waals surface area contributed by atoms with Gasteiger partial charge in [-0.3, -0.25) is 4.79 Å². The number of ether oxygens (including phenoxy) is 2. The fourth-order valence-corrected chi connectivity index (χ4v) is 2.34. The van der Waals surface area contributed by atoms with E-state index < -0.39 is 5.97 Å². The zero-order chi connectivity index (χ0) is 11.7. The summed E-state index contributed by atoms with van der Waals surface area (Å²) in [6.45, 7) is 0.527. The van der Waals surface area contributed by atoms with Crippen LogP contribution in [0.15, 0.2) is 10.5 Å². The first kappa shape index (κ1) is 11.1. The lowest BCUT2D eigenvalue weighted by atomic mass is 10.0. The van der Waals surface area contributed by atoms with Crippen LogP contribution in [-0.4, -0.2) is 26.0 Å². The molecule has 1 heterocycles. The van der Waals surface area contributed by atoms with Gasteiger partial charge in [-0.05, 0) is 6.07 Å². The topological polar surface area (TPSA) is 52.6 Å². The molecule has 1 aromatic carbocycles. The summed E-state index contributed by atoms with van der Waals surface area (Å²) in [7, 11) is 1.28. The summed E-state index contributed by atoms with van der Waals surface area (Å²) in [5.41, 5.74) is 1.42. The second-order valence-electron chi connectivity index (χ2n) is 3.34. The number of hydrogen-bond donors (Lipinski definition) is 0. The van der Waals surface area contributed by atoms with Crippen LogP contribution in [0.2, 0.25) is 0 Å². The first-order chi connectivity index (χ1) is 7.69. The van der Waals surface area contributed by atoms with E-state index in [1.807, 2.05) is 0 Å². The van der Waals surface area contributed by atoms with E-state index in [0.29, 0.717) is 18.6 Å². The summed E-state index contributed by atoms with van der Waals surface area (Å²) in [4.78, 5) is 22.5. The van der Waals surface area contributed by atoms with Gasteiger partial charge in [-0.2, -0.15) is 0 Å². The van der Waals surface area contributed by atoms with E-state index in [4.69, 9.17) is 4.74 Å². The van der Waals surface area contributed by atoms with E-state index in [9.17, 15) is 9.59 Å². The Labute approximate surface area is 101 Å². The van der Waals surface area contributed by atoms with Gasteiger partial charge in [-0.15, -0.1) is 0 Å². The number of carbonyl (C=O) groups excluding carboxylic acids is 2. The van der Waals surface area contributed by atoms with Gasteiger partial charge in [-0.1, -0.05) is 15.9 Å². The van der Waals surface area contributed by atoms with Crippen molar-refractivity contribution in [2.24, 2.45) is 0 Å². The molecule has 84 valence electrons. The lowest BCUT2D eigenvalue weighted by molar-refractivity contribution is 0.0597. The summed E-state index contributed by atoms with van der Waals surface area (Å²) in [5.74, 6) is -0.0501. The lowest BCUT2D eigenvalue weighted by Gasteiger charge is -2.09. The molecule has 0 aromatic heterocycles. The standard InChI is InChI=1S/C11H9BrO4/c1-15-11(14)7-4-9(12)6-2-3-16-10(6)8(7)5-13/h4-5H,2-3H2,1H3. The van der Waals surface area contributed by atoms with Crippen molar-refractivity contribution in [2.75, 3.05) is 13.7 Å². The second-order valence-corrected chi connectivity index (χ2v) is 4.19. The largest absolute Gasteiger partial charge is 0.492 e. The number of halogens is 1. The van der Waals surface area contributed by atoms with Crippen molar-refractivity contribution in [1.82, 2.24) is 0 Å². The molecule has 0 bridgehead atoms. The van der Waals surface area contributed by atoms with Crippen molar-refractivity contribution >= 4 is 28.2 Å². The highest BCUT2D eigenvalue weighted by molar-refractivity contribution is 9.10. The molecule has 0 saturated heterocycles. The fourth-order valence-electron chi connectivity index (χ4n) is 1.73. The monoisotopic (exact) mass is 284 g/mol. The van der Waals surface area contributed by atoms with E-state index in [1.165, 1.54) is 7.11 Å². The van der Waals surface area contributed by atoms with Crippen molar-refractivity contribution in [3.8, 4) is 5.75 Å². The minimum absolute atomic E-state index is 0.227. The molecule has 0 unspecified atom stereocenters. The predicted molar refractivity (Wildman–Crippen MR) is 60.1 cm³/mol. The van der Waals surface area contributed by atoms with E-state index in [2.05, 4.69) is 20.7 Å². The number of benzene rings is 1. The van der Waals surface area contributed by atoms with E-state index >= 15 is 0 Å². The lowest BCUT2D eigenvalue weighted by Crippen LogP contribution is -2.07. The Morgan fingerprint density at radius 2 is 2.38 bits per heavy atom. The maximum Gasteiger partial charge on any atom is 0.338 e. The molecule has 0 saturated carbocycles. The Morgan fingerprint density at radius 1 is 1.62 bits per heavy atom. The quantitative estimate of drug-likeness (QED) is 0.616. The van der Waals surface area contributed by atoms with Crippen molar-refractivity contribution in [1.29, 1.82) is 0 Å². The van der Waals surface area contributed by atoms with Crippen LogP contribution in [0.3, 0.4) is 0 Å². The first-order valence-electron chi connectivity index (χ1n) is 4.70. The minimum Gasteiger partial charge on any atom is -0.492 e. The van der Waals surface area contributed by atoms with Crippen LogP contribution in [0.1, 0.15) is 26.3 Å². The number of fused-ring (bicyclic) bond motifs is 1. The predicted octanol–water partition coefficient (Wildman–Crippen LogP) is 1.98. The number of hydrogen-bond acceptors (Lipinski definition) is 4. The highest BCUT2D eigenvalue weighted by atomic mass is 79.9. The smallest absolute Gasteiger partial charge is 0.338 e. The number of rotatable bonds is 2. The normalized spacial score (nSPS) is 12.9. The minimum atomic E-state index is -0.541. The third kappa shape index (κ3) is 1.61. The molecule has 0 atom stereocenters. The van der Waals surface area contributed by atoms with Crippen LogP contribution in [0.25, 0.3) is 0 Å². The highest BCUT2D eigenvalue weighted by Gasteiger charge is 2.25. The van der Waals surface area contributed by atoms with Gasteiger partial charge in [0.05, 0.1) is 24.8 Å².